The van der Waals surface area contributed by atoms with Gasteiger partial charge in [0.05, 0.1) is 0 Å². The highest BCUT2D eigenvalue weighted by molar-refractivity contribution is 7.15. The predicted octanol–water partition coefficient (Wildman–Crippen LogP) is 3.80. The zero-order valence-corrected chi connectivity index (χ0v) is 12.7. The van der Waals surface area contributed by atoms with E-state index in [-0.39, 0.29) is 17.6 Å². The molecule has 0 unspecified atom stereocenters. The Balaban J connectivity index is 1.77. The SMILES string of the molecule is C[C@@H]1C[C@@H]1C(=O)Nc1c(-c2ccc(F)cc2)nc2sccn12. The van der Waals surface area contributed by atoms with Crippen molar-refractivity contribution in [3.8, 4) is 11.3 Å². The maximum atomic E-state index is 13.1. The van der Waals surface area contributed by atoms with Crippen LogP contribution in [-0.2, 0) is 4.79 Å². The number of fused-ring (bicyclic) bond motifs is 1. The maximum absolute atomic E-state index is 13.1. The number of halogens is 1. The van der Waals surface area contributed by atoms with E-state index in [0.717, 1.165) is 16.9 Å². The quantitative estimate of drug-likeness (QED) is 0.799. The Morgan fingerprint density at radius 2 is 2.14 bits per heavy atom. The van der Waals surface area contributed by atoms with E-state index < -0.39 is 0 Å². The van der Waals surface area contributed by atoms with Crippen LogP contribution in [0.2, 0.25) is 0 Å². The van der Waals surface area contributed by atoms with Crippen LogP contribution in [0.4, 0.5) is 10.2 Å². The van der Waals surface area contributed by atoms with Crippen molar-refractivity contribution in [3.63, 3.8) is 0 Å². The highest BCUT2D eigenvalue weighted by atomic mass is 32.1. The van der Waals surface area contributed by atoms with Crippen molar-refractivity contribution in [1.82, 2.24) is 9.38 Å². The van der Waals surface area contributed by atoms with Gasteiger partial charge in [0, 0.05) is 23.1 Å². The molecule has 1 aromatic carbocycles. The summed E-state index contributed by atoms with van der Waals surface area (Å²) >= 11 is 1.50. The molecule has 4 nitrogen and oxygen atoms in total. The van der Waals surface area contributed by atoms with Crippen molar-refractivity contribution in [2.24, 2.45) is 11.8 Å². The van der Waals surface area contributed by atoms with Gasteiger partial charge in [-0.3, -0.25) is 9.20 Å². The Morgan fingerprint density at radius 1 is 1.41 bits per heavy atom. The summed E-state index contributed by atoms with van der Waals surface area (Å²) in [6, 6.07) is 6.16. The summed E-state index contributed by atoms with van der Waals surface area (Å²) in [5, 5.41) is 4.92. The average molecular weight is 315 g/mol. The molecule has 0 saturated heterocycles. The van der Waals surface area contributed by atoms with Crippen LogP contribution in [0.3, 0.4) is 0 Å². The smallest absolute Gasteiger partial charge is 0.228 e. The number of benzene rings is 1. The number of carbonyl (C=O) groups is 1. The first-order valence-corrected chi connectivity index (χ1v) is 8.04. The molecular weight excluding hydrogens is 301 g/mol. The molecule has 1 aliphatic carbocycles. The molecule has 3 aromatic rings. The highest BCUT2D eigenvalue weighted by Crippen LogP contribution is 2.39. The van der Waals surface area contributed by atoms with Gasteiger partial charge in [0.1, 0.15) is 17.3 Å². The molecule has 22 heavy (non-hydrogen) atoms. The van der Waals surface area contributed by atoms with Gasteiger partial charge in [-0.25, -0.2) is 9.37 Å². The average Bonchev–Trinajstić information content (AvgIpc) is 2.93. The van der Waals surface area contributed by atoms with Gasteiger partial charge in [-0.15, -0.1) is 11.3 Å². The minimum atomic E-state index is -0.290. The van der Waals surface area contributed by atoms with E-state index in [1.54, 1.807) is 12.1 Å². The third-order valence-corrected chi connectivity index (χ3v) is 4.82. The Morgan fingerprint density at radius 3 is 2.82 bits per heavy atom. The molecule has 2 aromatic heterocycles. The molecule has 6 heteroatoms. The first-order valence-electron chi connectivity index (χ1n) is 7.16. The van der Waals surface area contributed by atoms with Crippen molar-refractivity contribution >= 4 is 28.0 Å². The first-order chi connectivity index (χ1) is 10.6. The van der Waals surface area contributed by atoms with Gasteiger partial charge in [0.25, 0.3) is 0 Å². The monoisotopic (exact) mass is 315 g/mol. The van der Waals surface area contributed by atoms with E-state index in [1.807, 2.05) is 16.0 Å². The molecule has 2 heterocycles. The molecule has 2 atom stereocenters. The summed E-state index contributed by atoms with van der Waals surface area (Å²) < 4.78 is 15.0. The van der Waals surface area contributed by atoms with E-state index in [9.17, 15) is 9.18 Å². The molecule has 1 N–H and O–H groups in total. The second-order valence-corrected chi connectivity index (χ2v) is 6.55. The third-order valence-electron chi connectivity index (χ3n) is 4.07. The van der Waals surface area contributed by atoms with Gasteiger partial charge >= 0.3 is 0 Å². The lowest BCUT2D eigenvalue weighted by molar-refractivity contribution is -0.117. The zero-order chi connectivity index (χ0) is 15.3. The molecule has 0 radical (unpaired) electrons. The number of thiazole rings is 1. The number of nitrogens with zero attached hydrogens (tertiary/aromatic N) is 2. The maximum Gasteiger partial charge on any atom is 0.228 e. The summed E-state index contributed by atoms with van der Waals surface area (Å²) in [4.78, 5) is 17.7. The number of nitrogens with one attached hydrogen (secondary N) is 1. The second-order valence-electron chi connectivity index (χ2n) is 5.68. The molecule has 0 aliphatic heterocycles. The largest absolute Gasteiger partial charge is 0.310 e. The van der Waals surface area contributed by atoms with Gasteiger partial charge in [-0.1, -0.05) is 6.92 Å². The number of amides is 1. The minimum Gasteiger partial charge on any atom is -0.310 e. The third kappa shape index (κ3) is 2.20. The van der Waals surface area contributed by atoms with E-state index >= 15 is 0 Å². The fraction of sp³-hybridized carbons (Fsp3) is 0.250. The van der Waals surface area contributed by atoms with Crippen LogP contribution in [-0.4, -0.2) is 15.3 Å². The van der Waals surface area contributed by atoms with E-state index in [1.165, 1.54) is 23.5 Å². The zero-order valence-electron chi connectivity index (χ0n) is 11.9. The minimum absolute atomic E-state index is 0.0314. The Hall–Kier alpha value is -2.21. The fourth-order valence-electron chi connectivity index (χ4n) is 2.61. The number of aromatic nitrogens is 2. The van der Waals surface area contributed by atoms with Gasteiger partial charge < -0.3 is 5.32 Å². The fourth-order valence-corrected chi connectivity index (χ4v) is 3.33. The first kappa shape index (κ1) is 13.5. The van der Waals surface area contributed by atoms with Crippen LogP contribution in [0.1, 0.15) is 13.3 Å². The lowest BCUT2D eigenvalue weighted by atomic mass is 10.1. The molecule has 1 fully saturated rings. The second kappa shape index (κ2) is 4.91. The van der Waals surface area contributed by atoms with E-state index in [2.05, 4.69) is 17.2 Å². The standard InChI is InChI=1S/C16H14FN3OS/c1-9-8-12(9)15(21)19-14-13(10-2-4-11(17)5-3-10)18-16-20(14)6-7-22-16/h2-7,9,12H,8H2,1H3,(H,19,21)/t9-,12+/m1/s1. The Kier molecular flexibility index (Phi) is 3.00. The molecule has 4 rings (SSSR count). The van der Waals surface area contributed by atoms with Gasteiger partial charge in [-0.2, -0.15) is 0 Å². The van der Waals surface area contributed by atoms with Crippen LogP contribution < -0.4 is 5.32 Å². The number of anilines is 1. The summed E-state index contributed by atoms with van der Waals surface area (Å²) in [5.41, 5.74) is 1.46. The predicted molar refractivity (Wildman–Crippen MR) is 84.4 cm³/mol. The van der Waals surface area contributed by atoms with E-state index in [4.69, 9.17) is 0 Å². The van der Waals surface area contributed by atoms with Gasteiger partial charge in [-0.05, 0) is 36.6 Å². The van der Waals surface area contributed by atoms with Crippen LogP contribution in [0, 0.1) is 17.7 Å². The van der Waals surface area contributed by atoms with Crippen molar-refractivity contribution in [2.45, 2.75) is 13.3 Å². The summed E-state index contributed by atoms with van der Waals surface area (Å²) in [6.45, 7) is 2.07. The van der Waals surface area contributed by atoms with Crippen molar-refractivity contribution in [1.29, 1.82) is 0 Å². The number of carbonyl (C=O) groups excluding carboxylic acids is 1. The van der Waals surface area contributed by atoms with Gasteiger partial charge in [0.2, 0.25) is 5.91 Å². The number of hydrogen-bond acceptors (Lipinski definition) is 3. The summed E-state index contributed by atoms with van der Waals surface area (Å²) in [7, 11) is 0. The van der Waals surface area contributed by atoms with Crippen molar-refractivity contribution in [3.05, 3.63) is 41.7 Å². The lowest BCUT2D eigenvalue weighted by Crippen LogP contribution is -2.16. The molecule has 1 saturated carbocycles. The Labute approximate surface area is 130 Å². The van der Waals surface area contributed by atoms with Crippen LogP contribution in [0.5, 0.6) is 0 Å². The van der Waals surface area contributed by atoms with Crippen LogP contribution >= 0.6 is 11.3 Å². The van der Waals surface area contributed by atoms with Crippen molar-refractivity contribution < 1.29 is 9.18 Å². The lowest BCUT2D eigenvalue weighted by Gasteiger charge is -2.06. The highest BCUT2D eigenvalue weighted by Gasteiger charge is 2.39. The summed E-state index contributed by atoms with van der Waals surface area (Å²) in [6.07, 6.45) is 2.81. The molecule has 1 aliphatic rings. The normalized spacial score (nSPS) is 20.3. The Bertz CT molecular complexity index is 852. The molecule has 1 amide bonds. The van der Waals surface area contributed by atoms with Crippen LogP contribution in [0.15, 0.2) is 35.8 Å². The number of hydrogen-bond donors (Lipinski definition) is 1. The van der Waals surface area contributed by atoms with E-state index in [0.29, 0.717) is 17.4 Å². The topological polar surface area (TPSA) is 46.4 Å². The van der Waals surface area contributed by atoms with Crippen molar-refractivity contribution in [2.75, 3.05) is 5.32 Å². The van der Waals surface area contributed by atoms with Gasteiger partial charge in [0.15, 0.2) is 4.96 Å². The number of imidazole rings is 1. The molecule has 112 valence electrons. The molecular formula is C16H14FN3OS. The molecule has 0 spiro atoms. The molecule has 0 bridgehead atoms. The van der Waals surface area contributed by atoms with Crippen LogP contribution in [0.25, 0.3) is 16.2 Å². The summed E-state index contributed by atoms with van der Waals surface area (Å²) in [5.74, 6) is 0.934. The number of rotatable bonds is 3.